The SMILES string of the molecule is Cc1nnc(CNC(=NCc2ccsc2)NC2CCCC2)n1C. The van der Waals surface area contributed by atoms with E-state index in [1.54, 1.807) is 11.3 Å². The average Bonchev–Trinajstić information content (AvgIpc) is 3.28. The van der Waals surface area contributed by atoms with Gasteiger partial charge in [-0.25, -0.2) is 4.99 Å². The summed E-state index contributed by atoms with van der Waals surface area (Å²) in [7, 11) is 1.99. The number of thiophene rings is 1. The highest BCUT2D eigenvalue weighted by Gasteiger charge is 2.16. The highest BCUT2D eigenvalue weighted by atomic mass is 32.1. The van der Waals surface area contributed by atoms with E-state index in [1.807, 2.05) is 18.5 Å². The molecule has 2 heterocycles. The van der Waals surface area contributed by atoms with Crippen LogP contribution in [0.2, 0.25) is 0 Å². The maximum absolute atomic E-state index is 4.72. The van der Waals surface area contributed by atoms with E-state index in [4.69, 9.17) is 4.99 Å². The number of nitrogens with one attached hydrogen (secondary N) is 2. The second-order valence-electron chi connectivity index (χ2n) is 6.00. The van der Waals surface area contributed by atoms with Gasteiger partial charge in [0, 0.05) is 13.1 Å². The summed E-state index contributed by atoms with van der Waals surface area (Å²) in [6.45, 7) is 3.28. The molecule has 0 aromatic carbocycles. The lowest BCUT2D eigenvalue weighted by atomic mass is 10.2. The van der Waals surface area contributed by atoms with Crippen molar-refractivity contribution in [2.24, 2.45) is 12.0 Å². The Morgan fingerprint density at radius 2 is 2.22 bits per heavy atom. The van der Waals surface area contributed by atoms with E-state index in [9.17, 15) is 0 Å². The fraction of sp³-hybridized carbons (Fsp3) is 0.562. The molecule has 0 radical (unpaired) electrons. The van der Waals surface area contributed by atoms with Crippen LogP contribution in [0, 0.1) is 6.92 Å². The van der Waals surface area contributed by atoms with Crippen molar-refractivity contribution < 1.29 is 0 Å². The number of rotatable bonds is 5. The first-order valence-electron chi connectivity index (χ1n) is 8.13. The van der Waals surface area contributed by atoms with Crippen LogP contribution < -0.4 is 10.6 Å². The van der Waals surface area contributed by atoms with Gasteiger partial charge in [0.15, 0.2) is 11.8 Å². The quantitative estimate of drug-likeness (QED) is 0.651. The van der Waals surface area contributed by atoms with Crippen LogP contribution in [0.15, 0.2) is 21.8 Å². The predicted octanol–water partition coefficient (Wildman–Crippen LogP) is 2.36. The molecular formula is C16H24N6S. The Bertz CT molecular complexity index is 640. The minimum absolute atomic E-state index is 0.532. The molecule has 0 atom stereocenters. The maximum Gasteiger partial charge on any atom is 0.192 e. The van der Waals surface area contributed by atoms with Crippen LogP contribution in [-0.4, -0.2) is 26.8 Å². The van der Waals surface area contributed by atoms with Crippen molar-refractivity contribution in [1.29, 1.82) is 0 Å². The molecule has 2 aromatic heterocycles. The Kier molecular flexibility index (Phi) is 5.27. The smallest absolute Gasteiger partial charge is 0.192 e. The van der Waals surface area contributed by atoms with E-state index in [-0.39, 0.29) is 0 Å². The van der Waals surface area contributed by atoms with Crippen LogP contribution in [0.25, 0.3) is 0 Å². The number of aryl methyl sites for hydroxylation is 1. The molecule has 0 spiro atoms. The van der Waals surface area contributed by atoms with E-state index < -0.39 is 0 Å². The first-order valence-corrected chi connectivity index (χ1v) is 9.07. The van der Waals surface area contributed by atoms with Gasteiger partial charge in [-0.15, -0.1) is 10.2 Å². The van der Waals surface area contributed by atoms with E-state index in [2.05, 4.69) is 37.7 Å². The summed E-state index contributed by atoms with van der Waals surface area (Å²) in [5.41, 5.74) is 1.25. The molecule has 0 bridgehead atoms. The summed E-state index contributed by atoms with van der Waals surface area (Å²) < 4.78 is 2.00. The van der Waals surface area contributed by atoms with Crippen LogP contribution in [0.1, 0.15) is 42.9 Å². The Morgan fingerprint density at radius 3 is 2.87 bits per heavy atom. The molecule has 0 aliphatic heterocycles. The van der Waals surface area contributed by atoms with Gasteiger partial charge in [0.05, 0.1) is 13.1 Å². The highest BCUT2D eigenvalue weighted by molar-refractivity contribution is 7.07. The third kappa shape index (κ3) is 4.31. The number of guanidine groups is 1. The van der Waals surface area contributed by atoms with Crippen LogP contribution in [0.5, 0.6) is 0 Å². The summed E-state index contributed by atoms with van der Waals surface area (Å²) >= 11 is 1.71. The standard InChI is InChI=1S/C16H24N6S/c1-12-20-21-15(22(12)2)10-18-16(19-14-5-3-4-6-14)17-9-13-7-8-23-11-13/h7-8,11,14H,3-6,9-10H2,1-2H3,(H2,17,18,19). The van der Waals surface area contributed by atoms with Crippen molar-refractivity contribution in [3.05, 3.63) is 34.0 Å². The van der Waals surface area contributed by atoms with E-state index >= 15 is 0 Å². The summed E-state index contributed by atoms with van der Waals surface area (Å²) in [4.78, 5) is 4.72. The van der Waals surface area contributed by atoms with Crippen LogP contribution in [-0.2, 0) is 20.1 Å². The normalized spacial score (nSPS) is 16.0. The molecule has 1 fully saturated rings. The Morgan fingerprint density at radius 1 is 1.39 bits per heavy atom. The van der Waals surface area contributed by atoms with Gasteiger partial charge in [-0.3, -0.25) is 0 Å². The molecule has 1 aliphatic carbocycles. The monoisotopic (exact) mass is 332 g/mol. The molecule has 124 valence electrons. The molecule has 2 N–H and O–H groups in total. The fourth-order valence-electron chi connectivity index (χ4n) is 2.74. The summed E-state index contributed by atoms with van der Waals surface area (Å²) in [6, 6.07) is 2.65. The van der Waals surface area contributed by atoms with Crippen molar-refractivity contribution in [3.63, 3.8) is 0 Å². The van der Waals surface area contributed by atoms with E-state index in [0.29, 0.717) is 19.1 Å². The lowest BCUT2D eigenvalue weighted by Gasteiger charge is -2.17. The summed E-state index contributed by atoms with van der Waals surface area (Å²) in [5, 5.41) is 19.5. The van der Waals surface area contributed by atoms with Crippen LogP contribution >= 0.6 is 11.3 Å². The summed E-state index contributed by atoms with van der Waals surface area (Å²) in [6.07, 6.45) is 5.06. The minimum atomic E-state index is 0.532. The molecule has 7 heteroatoms. The number of hydrogen-bond acceptors (Lipinski definition) is 4. The number of aliphatic imine (C=N–C) groups is 1. The molecule has 0 saturated heterocycles. The van der Waals surface area contributed by atoms with Crippen molar-refractivity contribution >= 4 is 17.3 Å². The second kappa shape index (κ2) is 7.59. The third-order valence-corrected chi connectivity index (χ3v) is 5.02. The summed E-state index contributed by atoms with van der Waals surface area (Å²) in [5.74, 6) is 2.70. The van der Waals surface area contributed by atoms with Gasteiger partial charge in [-0.2, -0.15) is 11.3 Å². The predicted molar refractivity (Wildman–Crippen MR) is 93.4 cm³/mol. The lowest BCUT2D eigenvalue weighted by molar-refractivity contribution is 0.606. The van der Waals surface area contributed by atoms with E-state index in [0.717, 1.165) is 17.6 Å². The zero-order valence-electron chi connectivity index (χ0n) is 13.7. The zero-order valence-corrected chi connectivity index (χ0v) is 14.6. The third-order valence-electron chi connectivity index (χ3n) is 4.29. The van der Waals surface area contributed by atoms with Crippen molar-refractivity contribution in [2.45, 2.75) is 51.7 Å². The highest BCUT2D eigenvalue weighted by Crippen LogP contribution is 2.17. The molecule has 0 unspecified atom stereocenters. The van der Waals surface area contributed by atoms with E-state index in [1.165, 1.54) is 31.2 Å². The van der Waals surface area contributed by atoms with Crippen molar-refractivity contribution in [1.82, 2.24) is 25.4 Å². The topological polar surface area (TPSA) is 67.1 Å². The van der Waals surface area contributed by atoms with Crippen molar-refractivity contribution in [2.75, 3.05) is 0 Å². The molecular weight excluding hydrogens is 308 g/mol. The molecule has 3 rings (SSSR count). The zero-order chi connectivity index (χ0) is 16.1. The maximum atomic E-state index is 4.72. The number of hydrogen-bond donors (Lipinski definition) is 2. The van der Waals surface area contributed by atoms with Gasteiger partial charge in [-0.1, -0.05) is 12.8 Å². The Balaban J connectivity index is 1.63. The largest absolute Gasteiger partial charge is 0.354 e. The molecule has 6 nitrogen and oxygen atoms in total. The number of aromatic nitrogens is 3. The van der Waals surface area contributed by atoms with Gasteiger partial charge >= 0.3 is 0 Å². The lowest BCUT2D eigenvalue weighted by Crippen LogP contribution is -2.42. The van der Waals surface area contributed by atoms with Crippen molar-refractivity contribution in [3.8, 4) is 0 Å². The molecule has 1 saturated carbocycles. The van der Waals surface area contributed by atoms with Gasteiger partial charge in [-0.05, 0) is 42.2 Å². The fourth-order valence-corrected chi connectivity index (χ4v) is 3.40. The van der Waals surface area contributed by atoms with Crippen LogP contribution in [0.3, 0.4) is 0 Å². The second-order valence-corrected chi connectivity index (χ2v) is 6.78. The molecule has 2 aromatic rings. The van der Waals surface area contributed by atoms with Gasteiger partial charge < -0.3 is 15.2 Å². The molecule has 23 heavy (non-hydrogen) atoms. The molecule has 0 amide bonds. The Labute approximate surface area is 141 Å². The van der Waals surface area contributed by atoms with Crippen LogP contribution in [0.4, 0.5) is 0 Å². The van der Waals surface area contributed by atoms with Gasteiger partial charge in [0.1, 0.15) is 5.82 Å². The first-order chi connectivity index (χ1) is 11.2. The average molecular weight is 332 g/mol. The van der Waals surface area contributed by atoms with Gasteiger partial charge in [0.25, 0.3) is 0 Å². The molecule has 1 aliphatic rings. The minimum Gasteiger partial charge on any atom is -0.354 e. The Hall–Kier alpha value is -1.89. The van der Waals surface area contributed by atoms with Gasteiger partial charge in [0.2, 0.25) is 0 Å². The first kappa shape index (κ1) is 16.0. The number of nitrogens with zero attached hydrogens (tertiary/aromatic N) is 4.